The van der Waals surface area contributed by atoms with E-state index in [9.17, 15) is 9.90 Å². The third-order valence-corrected chi connectivity index (χ3v) is 2.78. The Kier molecular flexibility index (Phi) is 4.44. The van der Waals surface area contributed by atoms with Gasteiger partial charge in [0.05, 0.1) is 0 Å². The Bertz CT molecular complexity index is 582. The van der Waals surface area contributed by atoms with E-state index < -0.39 is 0 Å². The lowest BCUT2D eigenvalue weighted by molar-refractivity contribution is 0.254. The SMILES string of the molecule is CNC(=O)Nc1ccc(NCc2cccc(O)c2)cc1. The minimum Gasteiger partial charge on any atom is -0.508 e. The van der Waals surface area contributed by atoms with E-state index in [1.807, 2.05) is 36.4 Å². The Morgan fingerprint density at radius 3 is 2.45 bits per heavy atom. The van der Waals surface area contributed by atoms with Crippen molar-refractivity contribution in [3.63, 3.8) is 0 Å². The lowest BCUT2D eigenvalue weighted by atomic mass is 10.2. The number of phenolic OH excluding ortho intramolecular Hbond substituents is 1. The predicted molar refractivity (Wildman–Crippen MR) is 80.0 cm³/mol. The van der Waals surface area contributed by atoms with Crippen LogP contribution in [0.25, 0.3) is 0 Å². The highest BCUT2D eigenvalue weighted by molar-refractivity contribution is 5.89. The Morgan fingerprint density at radius 1 is 1.10 bits per heavy atom. The van der Waals surface area contributed by atoms with Crippen molar-refractivity contribution in [3.05, 3.63) is 54.1 Å². The molecule has 0 aliphatic carbocycles. The zero-order valence-electron chi connectivity index (χ0n) is 11.2. The van der Waals surface area contributed by atoms with Crippen molar-refractivity contribution in [2.75, 3.05) is 17.7 Å². The van der Waals surface area contributed by atoms with E-state index in [2.05, 4.69) is 16.0 Å². The van der Waals surface area contributed by atoms with Crippen LogP contribution in [0.5, 0.6) is 5.75 Å². The van der Waals surface area contributed by atoms with E-state index in [4.69, 9.17) is 0 Å². The van der Waals surface area contributed by atoms with Gasteiger partial charge in [-0.05, 0) is 42.0 Å². The number of hydrogen-bond donors (Lipinski definition) is 4. The molecule has 0 heterocycles. The number of carbonyl (C=O) groups excluding carboxylic acids is 1. The Morgan fingerprint density at radius 2 is 1.80 bits per heavy atom. The molecule has 104 valence electrons. The van der Waals surface area contributed by atoms with Crippen LogP contribution in [0.1, 0.15) is 5.56 Å². The van der Waals surface area contributed by atoms with Gasteiger partial charge in [-0.15, -0.1) is 0 Å². The number of nitrogens with one attached hydrogen (secondary N) is 3. The fourth-order valence-corrected chi connectivity index (χ4v) is 1.74. The predicted octanol–water partition coefficient (Wildman–Crippen LogP) is 2.76. The summed E-state index contributed by atoms with van der Waals surface area (Å²) < 4.78 is 0. The minimum absolute atomic E-state index is 0.245. The van der Waals surface area contributed by atoms with Crippen LogP contribution in [0.15, 0.2) is 48.5 Å². The van der Waals surface area contributed by atoms with Gasteiger partial charge in [-0.3, -0.25) is 0 Å². The molecule has 2 aromatic rings. The second-order valence-electron chi connectivity index (χ2n) is 4.30. The molecule has 0 bridgehead atoms. The number of carbonyl (C=O) groups is 1. The molecule has 2 aromatic carbocycles. The highest BCUT2D eigenvalue weighted by atomic mass is 16.3. The smallest absolute Gasteiger partial charge is 0.318 e. The van der Waals surface area contributed by atoms with Crippen molar-refractivity contribution in [2.45, 2.75) is 6.54 Å². The van der Waals surface area contributed by atoms with Gasteiger partial charge >= 0.3 is 6.03 Å². The molecule has 0 fully saturated rings. The van der Waals surface area contributed by atoms with Crippen molar-refractivity contribution >= 4 is 17.4 Å². The number of rotatable bonds is 4. The van der Waals surface area contributed by atoms with E-state index >= 15 is 0 Å². The average Bonchev–Trinajstić information content (AvgIpc) is 2.46. The maximum atomic E-state index is 11.1. The van der Waals surface area contributed by atoms with Crippen molar-refractivity contribution in [1.82, 2.24) is 5.32 Å². The van der Waals surface area contributed by atoms with Crippen molar-refractivity contribution in [3.8, 4) is 5.75 Å². The monoisotopic (exact) mass is 271 g/mol. The fourth-order valence-electron chi connectivity index (χ4n) is 1.74. The van der Waals surface area contributed by atoms with Crippen LogP contribution >= 0.6 is 0 Å². The van der Waals surface area contributed by atoms with Crippen molar-refractivity contribution in [2.24, 2.45) is 0 Å². The zero-order valence-corrected chi connectivity index (χ0v) is 11.2. The quantitative estimate of drug-likeness (QED) is 0.691. The van der Waals surface area contributed by atoms with E-state index in [1.54, 1.807) is 19.2 Å². The van der Waals surface area contributed by atoms with Gasteiger partial charge in [-0.2, -0.15) is 0 Å². The maximum Gasteiger partial charge on any atom is 0.318 e. The van der Waals surface area contributed by atoms with Gasteiger partial charge in [0.15, 0.2) is 0 Å². The van der Waals surface area contributed by atoms with Gasteiger partial charge in [-0.25, -0.2) is 4.79 Å². The van der Waals surface area contributed by atoms with Gasteiger partial charge in [-0.1, -0.05) is 12.1 Å². The molecule has 5 nitrogen and oxygen atoms in total. The molecule has 0 saturated carbocycles. The van der Waals surface area contributed by atoms with Crippen LogP contribution in [0, 0.1) is 0 Å². The third kappa shape index (κ3) is 3.91. The van der Waals surface area contributed by atoms with Crippen LogP contribution in [-0.4, -0.2) is 18.2 Å². The normalized spacial score (nSPS) is 9.85. The second kappa shape index (κ2) is 6.47. The number of benzene rings is 2. The lowest BCUT2D eigenvalue weighted by Crippen LogP contribution is -2.24. The summed E-state index contributed by atoms with van der Waals surface area (Å²) in [5.74, 6) is 0.259. The van der Waals surface area contributed by atoms with Gasteiger partial charge in [0.2, 0.25) is 0 Å². The Hall–Kier alpha value is -2.69. The first-order valence-electron chi connectivity index (χ1n) is 6.28. The Labute approximate surface area is 117 Å². The van der Waals surface area contributed by atoms with E-state index in [0.29, 0.717) is 6.54 Å². The summed E-state index contributed by atoms with van der Waals surface area (Å²) in [6, 6.07) is 14.3. The molecule has 0 atom stereocenters. The first kappa shape index (κ1) is 13.7. The van der Waals surface area contributed by atoms with Gasteiger partial charge < -0.3 is 21.1 Å². The molecule has 0 unspecified atom stereocenters. The van der Waals surface area contributed by atoms with Gasteiger partial charge in [0.1, 0.15) is 5.75 Å². The minimum atomic E-state index is -0.245. The molecule has 0 saturated heterocycles. The molecule has 2 amide bonds. The van der Waals surface area contributed by atoms with Crippen LogP contribution in [-0.2, 0) is 6.54 Å². The number of aromatic hydroxyl groups is 1. The topological polar surface area (TPSA) is 73.4 Å². The highest BCUT2D eigenvalue weighted by Gasteiger charge is 1.99. The van der Waals surface area contributed by atoms with Crippen LogP contribution in [0.4, 0.5) is 16.2 Å². The molecule has 0 aliphatic rings. The van der Waals surface area contributed by atoms with Gasteiger partial charge in [0, 0.05) is 25.0 Å². The maximum absolute atomic E-state index is 11.1. The lowest BCUT2D eigenvalue weighted by Gasteiger charge is -2.08. The van der Waals surface area contributed by atoms with E-state index in [-0.39, 0.29) is 11.8 Å². The fraction of sp³-hybridized carbons (Fsp3) is 0.133. The summed E-state index contributed by atoms with van der Waals surface area (Å²) in [6.07, 6.45) is 0. The largest absolute Gasteiger partial charge is 0.508 e. The molecule has 0 radical (unpaired) electrons. The number of anilines is 2. The number of amides is 2. The Balaban J connectivity index is 1.92. The molecule has 5 heteroatoms. The molecule has 0 spiro atoms. The number of phenols is 1. The van der Waals surface area contributed by atoms with Crippen LogP contribution in [0.2, 0.25) is 0 Å². The summed E-state index contributed by atoms with van der Waals surface area (Å²) in [7, 11) is 1.57. The third-order valence-electron chi connectivity index (χ3n) is 2.78. The summed E-state index contributed by atoms with van der Waals surface area (Å²) in [5, 5.41) is 17.8. The number of hydrogen-bond acceptors (Lipinski definition) is 3. The van der Waals surface area contributed by atoms with Crippen LogP contribution in [0.3, 0.4) is 0 Å². The van der Waals surface area contributed by atoms with Crippen molar-refractivity contribution in [1.29, 1.82) is 0 Å². The first-order chi connectivity index (χ1) is 9.67. The standard InChI is InChI=1S/C15H17N3O2/c1-16-15(20)18-13-7-5-12(6-8-13)17-10-11-3-2-4-14(19)9-11/h2-9,17,19H,10H2,1H3,(H2,16,18,20). The van der Waals surface area contributed by atoms with E-state index in [0.717, 1.165) is 16.9 Å². The van der Waals surface area contributed by atoms with E-state index in [1.165, 1.54) is 0 Å². The average molecular weight is 271 g/mol. The zero-order chi connectivity index (χ0) is 14.4. The molecule has 2 rings (SSSR count). The summed E-state index contributed by atoms with van der Waals surface area (Å²) >= 11 is 0. The van der Waals surface area contributed by atoms with Crippen molar-refractivity contribution < 1.29 is 9.90 Å². The summed E-state index contributed by atoms with van der Waals surface area (Å²) in [6.45, 7) is 0.622. The molecular weight excluding hydrogens is 254 g/mol. The molecule has 0 aliphatic heterocycles. The molecule has 4 N–H and O–H groups in total. The highest BCUT2D eigenvalue weighted by Crippen LogP contribution is 2.16. The second-order valence-corrected chi connectivity index (χ2v) is 4.30. The first-order valence-corrected chi connectivity index (χ1v) is 6.28. The molecular formula is C15H17N3O2. The summed E-state index contributed by atoms with van der Waals surface area (Å²) in [5.41, 5.74) is 2.67. The molecule has 0 aromatic heterocycles. The van der Waals surface area contributed by atoms with Crippen LogP contribution < -0.4 is 16.0 Å². The molecule has 20 heavy (non-hydrogen) atoms. The van der Waals surface area contributed by atoms with Gasteiger partial charge in [0.25, 0.3) is 0 Å². The summed E-state index contributed by atoms with van der Waals surface area (Å²) in [4.78, 5) is 11.1. The number of urea groups is 1.